The Morgan fingerprint density at radius 2 is 1.73 bits per heavy atom. The minimum Gasteiger partial charge on any atom is -0.465 e. The first-order valence-electron chi connectivity index (χ1n) is 9.44. The molecule has 0 fully saturated rings. The molecule has 146 valence electrons. The molecular weight excluding hydrogens is 378 g/mol. The lowest BCUT2D eigenvalue weighted by Crippen LogP contribution is -2.04. The summed E-state index contributed by atoms with van der Waals surface area (Å²) in [5, 5.41) is 2.81. The number of rotatable bonds is 2. The fourth-order valence-electron chi connectivity index (χ4n) is 3.98. The van der Waals surface area contributed by atoms with Gasteiger partial charge in [-0.1, -0.05) is 36.4 Å². The second-order valence-electron chi connectivity index (χ2n) is 7.07. The lowest BCUT2D eigenvalue weighted by Gasteiger charge is -2.15. The third-order valence-corrected chi connectivity index (χ3v) is 5.32. The van der Waals surface area contributed by atoms with E-state index in [1.165, 1.54) is 13.2 Å². The predicted molar refractivity (Wildman–Crippen MR) is 119 cm³/mol. The molecule has 0 aliphatic rings. The summed E-state index contributed by atoms with van der Waals surface area (Å²) in [6.07, 6.45) is 0. The van der Waals surface area contributed by atoms with Gasteiger partial charge in [0.1, 0.15) is 11.2 Å². The highest BCUT2D eigenvalue weighted by Gasteiger charge is 2.20. The summed E-state index contributed by atoms with van der Waals surface area (Å²) in [5.41, 5.74) is 9.33. The Hall–Kier alpha value is -4.12. The summed E-state index contributed by atoms with van der Waals surface area (Å²) >= 11 is 0. The Bertz CT molecular complexity index is 1530. The van der Waals surface area contributed by atoms with Gasteiger partial charge in [-0.2, -0.15) is 0 Å². The Morgan fingerprint density at radius 3 is 2.57 bits per heavy atom. The summed E-state index contributed by atoms with van der Waals surface area (Å²) in [6, 6.07) is 21.5. The topological polar surface area (TPSA) is 82.5 Å². The number of hydrogen-bond donors (Lipinski definition) is 1. The summed E-state index contributed by atoms with van der Waals surface area (Å²) in [5.74, 6) is -0.437. The third kappa shape index (κ3) is 2.63. The zero-order chi connectivity index (χ0) is 20.8. The first-order valence-corrected chi connectivity index (χ1v) is 9.44. The number of fused-ring (bicyclic) bond motifs is 4. The van der Waals surface area contributed by atoms with Crippen molar-refractivity contribution in [3.63, 3.8) is 0 Å². The molecule has 1 aromatic heterocycles. The monoisotopic (exact) mass is 395 g/mol. The van der Waals surface area contributed by atoms with Crippen LogP contribution in [-0.2, 0) is 4.74 Å². The van der Waals surface area contributed by atoms with Crippen molar-refractivity contribution in [1.29, 1.82) is 0 Å². The van der Waals surface area contributed by atoms with Crippen LogP contribution in [0.2, 0.25) is 0 Å². The maximum atomic E-state index is 12.7. The summed E-state index contributed by atoms with van der Waals surface area (Å²) in [7, 11) is 1.35. The quantitative estimate of drug-likeness (QED) is 0.194. The van der Waals surface area contributed by atoms with Gasteiger partial charge >= 0.3 is 5.97 Å². The van der Waals surface area contributed by atoms with Gasteiger partial charge in [0, 0.05) is 28.1 Å². The van der Waals surface area contributed by atoms with Gasteiger partial charge in [0.2, 0.25) is 0 Å². The maximum absolute atomic E-state index is 12.7. The van der Waals surface area contributed by atoms with Crippen molar-refractivity contribution in [3.8, 4) is 11.1 Å². The normalized spacial score (nSPS) is 11.2. The fourth-order valence-corrected chi connectivity index (χ4v) is 3.98. The number of carbonyl (C=O) groups is 1. The van der Waals surface area contributed by atoms with E-state index in [4.69, 9.17) is 14.9 Å². The van der Waals surface area contributed by atoms with E-state index in [9.17, 15) is 9.59 Å². The minimum absolute atomic E-state index is 0.127. The van der Waals surface area contributed by atoms with Crippen molar-refractivity contribution in [1.82, 2.24) is 0 Å². The Kier molecular flexibility index (Phi) is 4.03. The van der Waals surface area contributed by atoms with Crippen LogP contribution in [0.25, 0.3) is 43.8 Å². The molecule has 5 nitrogen and oxygen atoms in total. The molecule has 0 radical (unpaired) electrons. The smallest absolute Gasteiger partial charge is 0.338 e. The van der Waals surface area contributed by atoms with E-state index in [-0.39, 0.29) is 5.43 Å². The van der Waals surface area contributed by atoms with Crippen LogP contribution in [0.3, 0.4) is 0 Å². The molecule has 0 bridgehead atoms. The van der Waals surface area contributed by atoms with E-state index in [0.29, 0.717) is 33.4 Å². The molecule has 5 rings (SSSR count). The molecule has 2 N–H and O–H groups in total. The van der Waals surface area contributed by atoms with E-state index in [2.05, 4.69) is 0 Å². The first-order chi connectivity index (χ1) is 14.6. The average molecular weight is 395 g/mol. The molecule has 0 spiro atoms. The van der Waals surface area contributed by atoms with Crippen molar-refractivity contribution < 1.29 is 13.9 Å². The molecule has 0 aliphatic heterocycles. The summed E-state index contributed by atoms with van der Waals surface area (Å²) in [6.45, 7) is 0. The molecule has 4 aromatic carbocycles. The van der Waals surface area contributed by atoms with Crippen LogP contribution < -0.4 is 11.2 Å². The average Bonchev–Trinajstić information content (AvgIpc) is 2.76. The predicted octanol–water partition coefficient (Wildman–Crippen LogP) is 5.14. The van der Waals surface area contributed by atoms with Crippen molar-refractivity contribution in [2.45, 2.75) is 0 Å². The number of esters is 1. The summed E-state index contributed by atoms with van der Waals surface area (Å²) in [4.78, 5) is 25.2. The number of nitrogen functional groups attached to an aromatic ring is 1. The number of benzene rings is 4. The largest absolute Gasteiger partial charge is 0.465 e. The van der Waals surface area contributed by atoms with E-state index < -0.39 is 5.97 Å². The molecule has 0 saturated carbocycles. The highest BCUT2D eigenvalue weighted by atomic mass is 16.5. The SMILES string of the molecule is COC(=O)c1ccccc1-c1c2ccc(N)cc2oc2c1ccc1cccc(=O)c12. The van der Waals surface area contributed by atoms with Gasteiger partial charge < -0.3 is 14.9 Å². The van der Waals surface area contributed by atoms with Crippen LogP contribution in [0.15, 0.2) is 82.0 Å². The zero-order valence-corrected chi connectivity index (χ0v) is 16.1. The Labute approximate surface area is 171 Å². The minimum atomic E-state index is -0.437. The fraction of sp³-hybridized carbons (Fsp3) is 0.0400. The van der Waals surface area contributed by atoms with Crippen LogP contribution in [0.1, 0.15) is 10.4 Å². The molecule has 1 heterocycles. The number of carbonyl (C=O) groups excluding carboxylic acids is 1. The van der Waals surface area contributed by atoms with Crippen LogP contribution in [-0.4, -0.2) is 13.1 Å². The van der Waals surface area contributed by atoms with Gasteiger partial charge in [0.25, 0.3) is 0 Å². The number of ether oxygens (including phenoxy) is 1. The molecule has 5 heteroatoms. The number of methoxy groups -OCH3 is 1. The lowest BCUT2D eigenvalue weighted by atomic mass is 9.92. The third-order valence-electron chi connectivity index (χ3n) is 5.32. The van der Waals surface area contributed by atoms with Crippen molar-refractivity contribution in [3.05, 3.63) is 88.6 Å². The second-order valence-corrected chi connectivity index (χ2v) is 7.07. The maximum Gasteiger partial charge on any atom is 0.338 e. The van der Waals surface area contributed by atoms with Crippen molar-refractivity contribution in [2.75, 3.05) is 12.8 Å². The van der Waals surface area contributed by atoms with E-state index >= 15 is 0 Å². The Balaban J connectivity index is 2.05. The van der Waals surface area contributed by atoms with E-state index in [1.54, 1.807) is 30.3 Å². The molecule has 0 unspecified atom stereocenters. The molecule has 0 aliphatic carbocycles. The van der Waals surface area contributed by atoms with E-state index in [1.807, 2.05) is 36.4 Å². The van der Waals surface area contributed by atoms with Crippen LogP contribution in [0.4, 0.5) is 5.69 Å². The highest BCUT2D eigenvalue weighted by molar-refractivity contribution is 6.17. The van der Waals surface area contributed by atoms with E-state index in [0.717, 1.165) is 21.7 Å². The first kappa shape index (κ1) is 17.9. The molecule has 0 saturated heterocycles. The lowest BCUT2D eigenvalue weighted by molar-refractivity contribution is 0.0601. The molecule has 0 amide bonds. The number of anilines is 1. The van der Waals surface area contributed by atoms with Gasteiger partial charge in [-0.25, -0.2) is 4.79 Å². The summed E-state index contributed by atoms with van der Waals surface area (Å²) < 4.78 is 11.2. The molecule has 5 aromatic rings. The van der Waals surface area contributed by atoms with Crippen molar-refractivity contribution in [2.24, 2.45) is 0 Å². The standard InChI is InChI=1S/C25H17NO4/c1-29-25(28)17-7-3-2-6-16(17)23-18-12-10-15(26)13-21(18)30-24-19(23)11-9-14-5-4-8-20(27)22(14)24/h2-13H,26H2,1H3. The van der Waals surface area contributed by atoms with Gasteiger partial charge in [-0.05, 0) is 41.3 Å². The highest BCUT2D eigenvalue weighted by Crippen LogP contribution is 2.40. The van der Waals surface area contributed by atoms with Crippen LogP contribution >= 0.6 is 0 Å². The van der Waals surface area contributed by atoms with Crippen molar-refractivity contribution >= 4 is 44.4 Å². The Morgan fingerprint density at radius 1 is 0.933 bits per heavy atom. The molecule has 30 heavy (non-hydrogen) atoms. The number of nitrogens with two attached hydrogens (primary N) is 1. The zero-order valence-electron chi connectivity index (χ0n) is 16.1. The van der Waals surface area contributed by atoms with Crippen LogP contribution in [0, 0.1) is 0 Å². The van der Waals surface area contributed by atoms with Gasteiger partial charge in [-0.15, -0.1) is 0 Å². The van der Waals surface area contributed by atoms with Gasteiger partial charge in [0.15, 0.2) is 5.43 Å². The molecular formula is C25H17NO4. The van der Waals surface area contributed by atoms with Crippen LogP contribution in [0.5, 0.6) is 0 Å². The van der Waals surface area contributed by atoms with Gasteiger partial charge in [0.05, 0.1) is 18.1 Å². The molecule has 0 atom stereocenters. The number of hydrogen-bond acceptors (Lipinski definition) is 5. The second kappa shape index (κ2) is 6.74. The van der Waals surface area contributed by atoms with Gasteiger partial charge in [-0.3, -0.25) is 4.79 Å².